The van der Waals surface area contributed by atoms with Crippen LogP contribution in [0.4, 0.5) is 5.00 Å². The maximum Gasteiger partial charge on any atom is 0.303 e. The number of rotatable bonds is 7. The second-order valence-electron chi connectivity index (χ2n) is 7.40. The van der Waals surface area contributed by atoms with Crippen molar-refractivity contribution in [3.05, 3.63) is 16.0 Å². The Morgan fingerprint density at radius 3 is 2.72 bits per heavy atom. The van der Waals surface area contributed by atoms with Crippen LogP contribution in [0.5, 0.6) is 0 Å². The Balaban J connectivity index is 2.11. The Kier molecular flexibility index (Phi) is 6.23. The van der Waals surface area contributed by atoms with E-state index in [0.29, 0.717) is 22.9 Å². The zero-order valence-electron chi connectivity index (χ0n) is 15.1. The van der Waals surface area contributed by atoms with Gasteiger partial charge in [0.2, 0.25) is 5.91 Å². The molecule has 0 aliphatic heterocycles. The summed E-state index contributed by atoms with van der Waals surface area (Å²) in [6, 6.07) is 2.25. The quantitative estimate of drug-likeness (QED) is 0.754. The maximum absolute atomic E-state index is 12.0. The number of fused-ring (bicyclic) bond motifs is 1. The summed E-state index contributed by atoms with van der Waals surface area (Å²) >= 11 is 1.51. The fourth-order valence-electron chi connectivity index (χ4n) is 3.34. The number of hydrogen-bond acceptors (Lipinski definition) is 4. The molecule has 2 rings (SSSR count). The van der Waals surface area contributed by atoms with Gasteiger partial charge in [0.05, 0.1) is 5.56 Å². The minimum atomic E-state index is -0.901. The number of carboxylic acid groups (broad SMARTS) is 1. The normalized spacial score (nSPS) is 16.8. The Hall–Kier alpha value is -1.87. The van der Waals surface area contributed by atoms with Crippen LogP contribution in [-0.2, 0) is 22.4 Å². The molecule has 25 heavy (non-hydrogen) atoms. The third-order valence-corrected chi connectivity index (χ3v) is 6.61. The van der Waals surface area contributed by atoms with Gasteiger partial charge in [-0.1, -0.05) is 27.2 Å². The second kappa shape index (κ2) is 8.01. The van der Waals surface area contributed by atoms with Gasteiger partial charge in [0.15, 0.2) is 0 Å². The fourth-order valence-corrected chi connectivity index (χ4v) is 4.63. The highest BCUT2D eigenvalue weighted by Gasteiger charge is 2.34. The van der Waals surface area contributed by atoms with E-state index in [4.69, 9.17) is 5.11 Å². The number of nitrogens with one attached hydrogen (secondary N) is 1. The predicted octanol–water partition coefficient (Wildman–Crippen LogP) is 4.35. The number of carbonyl (C=O) groups excluding carboxylic acids is 1. The predicted molar refractivity (Wildman–Crippen MR) is 98.7 cm³/mol. The van der Waals surface area contributed by atoms with Gasteiger partial charge >= 0.3 is 5.97 Å². The van der Waals surface area contributed by atoms with Gasteiger partial charge in [-0.2, -0.15) is 5.26 Å². The highest BCUT2D eigenvalue weighted by molar-refractivity contribution is 7.16. The molecule has 1 heterocycles. The standard InChI is InChI=1S/C19H26N2O3S/c1-4-19(2,3)12-8-9-13-14(11-20)18(25-15(13)10-12)21-16(22)6-5-7-17(23)24/h12H,4-10H2,1-3H3,(H,21,22)(H,23,24)/t12-/m0/s1. The molecule has 2 N–H and O–H groups in total. The molecule has 6 heteroatoms. The number of amides is 1. The molecule has 0 spiro atoms. The van der Waals surface area contributed by atoms with Gasteiger partial charge in [-0.25, -0.2) is 0 Å². The van der Waals surface area contributed by atoms with Gasteiger partial charge in [-0.15, -0.1) is 11.3 Å². The lowest BCUT2D eigenvalue weighted by Gasteiger charge is -2.36. The number of anilines is 1. The topological polar surface area (TPSA) is 90.2 Å². The Morgan fingerprint density at radius 2 is 2.12 bits per heavy atom. The van der Waals surface area contributed by atoms with Crippen molar-refractivity contribution in [2.24, 2.45) is 11.3 Å². The van der Waals surface area contributed by atoms with E-state index < -0.39 is 5.97 Å². The number of nitrogens with zero attached hydrogens (tertiary/aromatic N) is 1. The van der Waals surface area contributed by atoms with Crippen molar-refractivity contribution in [2.75, 3.05) is 5.32 Å². The summed E-state index contributed by atoms with van der Waals surface area (Å²) in [5, 5.41) is 21.6. The summed E-state index contributed by atoms with van der Waals surface area (Å²) in [4.78, 5) is 23.8. The number of nitriles is 1. The minimum absolute atomic E-state index is 0.0206. The summed E-state index contributed by atoms with van der Waals surface area (Å²) in [6.45, 7) is 6.81. The van der Waals surface area contributed by atoms with Crippen molar-refractivity contribution in [3.8, 4) is 6.07 Å². The van der Waals surface area contributed by atoms with E-state index in [1.807, 2.05) is 0 Å². The van der Waals surface area contributed by atoms with Gasteiger partial charge in [0.1, 0.15) is 11.1 Å². The molecule has 0 unspecified atom stereocenters. The van der Waals surface area contributed by atoms with Gasteiger partial charge in [-0.05, 0) is 42.6 Å². The molecule has 0 fully saturated rings. The molecule has 1 aliphatic carbocycles. The zero-order valence-corrected chi connectivity index (χ0v) is 16.0. The smallest absolute Gasteiger partial charge is 0.303 e. The van der Waals surface area contributed by atoms with Crippen LogP contribution in [0.25, 0.3) is 0 Å². The summed E-state index contributed by atoms with van der Waals surface area (Å²) in [5.41, 5.74) is 1.96. The molecule has 1 aromatic heterocycles. The van der Waals surface area contributed by atoms with E-state index in [1.165, 1.54) is 16.2 Å². The lowest BCUT2D eigenvalue weighted by Crippen LogP contribution is -2.28. The highest BCUT2D eigenvalue weighted by Crippen LogP contribution is 2.45. The van der Waals surface area contributed by atoms with Crippen LogP contribution >= 0.6 is 11.3 Å². The summed E-state index contributed by atoms with van der Waals surface area (Å²) in [6.07, 6.45) is 4.49. The fraction of sp³-hybridized carbons (Fsp3) is 0.632. The van der Waals surface area contributed by atoms with Gasteiger partial charge in [-0.3, -0.25) is 9.59 Å². The number of carboxylic acids is 1. The molecule has 1 aliphatic rings. The van der Waals surface area contributed by atoms with Crippen LogP contribution in [0, 0.1) is 22.7 Å². The van der Waals surface area contributed by atoms with E-state index in [2.05, 4.69) is 32.2 Å². The van der Waals surface area contributed by atoms with Crippen molar-refractivity contribution in [2.45, 2.75) is 65.7 Å². The molecule has 0 saturated heterocycles. The molecule has 1 atom stereocenters. The van der Waals surface area contributed by atoms with Crippen LogP contribution in [0.2, 0.25) is 0 Å². The molecular weight excluding hydrogens is 336 g/mol. The van der Waals surface area contributed by atoms with Crippen molar-refractivity contribution >= 4 is 28.2 Å². The molecular formula is C19H26N2O3S. The first kappa shape index (κ1) is 19.5. The minimum Gasteiger partial charge on any atom is -0.481 e. The average molecular weight is 362 g/mol. The van der Waals surface area contributed by atoms with Crippen LogP contribution < -0.4 is 5.32 Å². The van der Waals surface area contributed by atoms with E-state index in [-0.39, 0.29) is 24.2 Å². The first-order chi connectivity index (χ1) is 11.8. The summed E-state index contributed by atoms with van der Waals surface area (Å²) < 4.78 is 0. The van der Waals surface area contributed by atoms with Crippen LogP contribution in [-0.4, -0.2) is 17.0 Å². The Bertz CT molecular complexity index is 700. The van der Waals surface area contributed by atoms with E-state index in [0.717, 1.165) is 31.2 Å². The third kappa shape index (κ3) is 4.60. The van der Waals surface area contributed by atoms with Crippen molar-refractivity contribution in [1.82, 2.24) is 0 Å². The summed E-state index contributed by atoms with van der Waals surface area (Å²) in [7, 11) is 0. The lowest BCUT2D eigenvalue weighted by atomic mass is 9.69. The van der Waals surface area contributed by atoms with Gasteiger partial charge < -0.3 is 10.4 Å². The Labute approximate surface area is 153 Å². The van der Waals surface area contributed by atoms with Crippen LogP contribution in [0.3, 0.4) is 0 Å². The lowest BCUT2D eigenvalue weighted by molar-refractivity contribution is -0.137. The molecule has 0 radical (unpaired) electrons. The number of aliphatic carboxylic acids is 1. The van der Waals surface area contributed by atoms with Gasteiger partial charge in [0, 0.05) is 17.7 Å². The molecule has 0 saturated carbocycles. The van der Waals surface area contributed by atoms with Gasteiger partial charge in [0.25, 0.3) is 0 Å². The summed E-state index contributed by atoms with van der Waals surface area (Å²) in [5.74, 6) is -0.530. The van der Waals surface area contributed by atoms with Crippen LogP contribution in [0.1, 0.15) is 68.9 Å². The van der Waals surface area contributed by atoms with E-state index in [1.54, 1.807) is 0 Å². The molecule has 1 aromatic rings. The Morgan fingerprint density at radius 1 is 1.40 bits per heavy atom. The second-order valence-corrected chi connectivity index (χ2v) is 8.50. The molecule has 0 aromatic carbocycles. The van der Waals surface area contributed by atoms with E-state index in [9.17, 15) is 14.9 Å². The zero-order chi connectivity index (χ0) is 18.6. The number of thiophene rings is 1. The monoisotopic (exact) mass is 362 g/mol. The number of carbonyl (C=O) groups is 2. The molecule has 0 bridgehead atoms. The largest absolute Gasteiger partial charge is 0.481 e. The van der Waals surface area contributed by atoms with Crippen molar-refractivity contribution < 1.29 is 14.7 Å². The maximum atomic E-state index is 12.0. The third-order valence-electron chi connectivity index (χ3n) is 5.44. The first-order valence-electron chi connectivity index (χ1n) is 8.84. The molecule has 1 amide bonds. The van der Waals surface area contributed by atoms with Crippen LogP contribution in [0.15, 0.2) is 0 Å². The van der Waals surface area contributed by atoms with E-state index >= 15 is 0 Å². The van der Waals surface area contributed by atoms with Crippen molar-refractivity contribution in [3.63, 3.8) is 0 Å². The van der Waals surface area contributed by atoms with Crippen molar-refractivity contribution in [1.29, 1.82) is 5.26 Å². The SMILES string of the molecule is CCC(C)(C)[C@H]1CCc2c(sc(NC(=O)CCCC(=O)O)c2C#N)C1. The number of hydrogen-bond donors (Lipinski definition) is 2. The highest BCUT2D eigenvalue weighted by atomic mass is 32.1. The average Bonchev–Trinajstić information content (AvgIpc) is 2.90. The molecule has 136 valence electrons. The molecule has 5 nitrogen and oxygen atoms in total. The first-order valence-corrected chi connectivity index (χ1v) is 9.66.